The van der Waals surface area contributed by atoms with Crippen LogP contribution in [0, 0.1) is 0 Å². The van der Waals surface area contributed by atoms with E-state index < -0.39 is 29.1 Å². The second-order valence-corrected chi connectivity index (χ2v) is 11.0. The number of hydrogen-bond donors (Lipinski definition) is 0. The van der Waals surface area contributed by atoms with Gasteiger partial charge in [0.25, 0.3) is 0 Å². The van der Waals surface area contributed by atoms with Crippen LogP contribution in [0.1, 0.15) is 20.7 Å². The molecule has 0 radical (unpaired) electrons. The number of carbonyl (C=O) groups excluding carboxylic acids is 2. The molecule has 1 aromatic carbocycles. The summed E-state index contributed by atoms with van der Waals surface area (Å²) < 4.78 is 16.9. The summed E-state index contributed by atoms with van der Waals surface area (Å²) in [5.74, 6) is -1.22. The molecule has 0 spiro atoms. The first-order chi connectivity index (χ1) is 9.82. The molecular formula is C14H16O5Si2. The van der Waals surface area contributed by atoms with Crippen molar-refractivity contribution in [3.05, 3.63) is 59.9 Å². The van der Waals surface area contributed by atoms with Crippen LogP contribution in [0.5, 0.6) is 0 Å². The lowest BCUT2D eigenvalue weighted by atomic mass is 10.1. The fraction of sp³-hybridized carbons (Fsp3) is 0.143. The van der Waals surface area contributed by atoms with Crippen LogP contribution in [-0.2, 0) is 13.0 Å². The van der Waals surface area contributed by atoms with Crippen LogP contribution >= 0.6 is 0 Å². The Balaban J connectivity index is 2.59. The van der Waals surface area contributed by atoms with E-state index >= 15 is 0 Å². The monoisotopic (exact) mass is 320 g/mol. The minimum Gasteiger partial charge on any atom is -0.488 e. The summed E-state index contributed by atoms with van der Waals surface area (Å²) >= 11 is 0. The Hall–Kier alpha value is -1.97. The summed E-state index contributed by atoms with van der Waals surface area (Å²) in [6, 6.07) is 6.36. The Labute approximate surface area is 125 Å². The molecule has 0 bridgehead atoms. The first-order valence-corrected chi connectivity index (χ1v) is 11.1. The third-order valence-corrected chi connectivity index (χ3v) is 9.01. The molecule has 0 N–H and O–H groups in total. The highest BCUT2D eigenvalue weighted by Crippen LogP contribution is 2.25. The summed E-state index contributed by atoms with van der Waals surface area (Å²) in [6.07, 6.45) is 0. The molecule has 1 aliphatic rings. The standard InChI is InChI=1S/C14H16O5Si2/c1-5-20(3)17-13(15)11-9-7-8-10-12(11)14(16)18-21(4,6-2)19-20/h5-10H,1-2H2,3-4H3. The largest absolute Gasteiger partial charge is 0.488 e. The molecule has 2 rings (SSSR count). The van der Waals surface area contributed by atoms with Gasteiger partial charge in [0.2, 0.25) is 0 Å². The maximum atomic E-state index is 12.3. The van der Waals surface area contributed by atoms with Crippen molar-refractivity contribution in [1.29, 1.82) is 0 Å². The number of carbonyl (C=O) groups is 2. The highest BCUT2D eigenvalue weighted by molar-refractivity contribution is 6.86. The average Bonchev–Trinajstić information content (AvgIpc) is 2.49. The predicted octanol–water partition coefficient (Wildman–Crippen LogP) is 2.62. The van der Waals surface area contributed by atoms with E-state index in [1.807, 2.05) is 0 Å². The van der Waals surface area contributed by atoms with Gasteiger partial charge in [-0.15, -0.1) is 13.2 Å². The van der Waals surface area contributed by atoms with Gasteiger partial charge in [0.1, 0.15) is 0 Å². The maximum Gasteiger partial charge on any atom is 0.417 e. The van der Waals surface area contributed by atoms with Crippen LogP contribution in [0.4, 0.5) is 0 Å². The van der Waals surface area contributed by atoms with Crippen LogP contribution in [0.25, 0.3) is 0 Å². The van der Waals surface area contributed by atoms with Gasteiger partial charge in [0.05, 0.1) is 11.1 Å². The van der Waals surface area contributed by atoms with Gasteiger partial charge in [0, 0.05) is 0 Å². The van der Waals surface area contributed by atoms with Crippen molar-refractivity contribution in [3.63, 3.8) is 0 Å². The lowest BCUT2D eigenvalue weighted by molar-refractivity contribution is 0.0692. The molecule has 2 atom stereocenters. The molecular weight excluding hydrogens is 304 g/mol. The van der Waals surface area contributed by atoms with Gasteiger partial charge in [-0.25, -0.2) is 9.59 Å². The minimum atomic E-state index is -3.02. The Morgan fingerprint density at radius 3 is 1.62 bits per heavy atom. The van der Waals surface area contributed by atoms with Crippen molar-refractivity contribution in [2.45, 2.75) is 13.1 Å². The summed E-state index contributed by atoms with van der Waals surface area (Å²) in [6.45, 7) is 10.7. The molecule has 0 saturated heterocycles. The molecule has 0 fully saturated rings. The van der Waals surface area contributed by atoms with Gasteiger partial charge in [-0.3, -0.25) is 0 Å². The molecule has 1 aliphatic heterocycles. The molecule has 21 heavy (non-hydrogen) atoms. The van der Waals surface area contributed by atoms with Crippen LogP contribution < -0.4 is 0 Å². The lowest BCUT2D eigenvalue weighted by Gasteiger charge is -2.30. The van der Waals surface area contributed by atoms with Gasteiger partial charge < -0.3 is 13.0 Å². The normalized spacial score (nSPS) is 29.0. The third kappa shape index (κ3) is 3.04. The quantitative estimate of drug-likeness (QED) is 0.784. The van der Waals surface area contributed by atoms with Crippen molar-refractivity contribution >= 4 is 29.1 Å². The van der Waals surface area contributed by atoms with E-state index in [1.54, 1.807) is 25.2 Å². The maximum absolute atomic E-state index is 12.3. The Morgan fingerprint density at radius 2 is 1.29 bits per heavy atom. The summed E-state index contributed by atoms with van der Waals surface area (Å²) in [5.41, 5.74) is 3.30. The van der Waals surface area contributed by atoms with Gasteiger partial charge in [-0.05, 0) is 36.6 Å². The molecule has 1 aromatic rings. The van der Waals surface area contributed by atoms with Crippen molar-refractivity contribution in [2.75, 3.05) is 0 Å². The van der Waals surface area contributed by atoms with Crippen molar-refractivity contribution in [2.24, 2.45) is 0 Å². The zero-order valence-electron chi connectivity index (χ0n) is 11.9. The fourth-order valence-electron chi connectivity index (χ4n) is 1.93. The molecule has 0 saturated carbocycles. The van der Waals surface area contributed by atoms with Crippen LogP contribution in [-0.4, -0.2) is 29.1 Å². The smallest absolute Gasteiger partial charge is 0.417 e. The van der Waals surface area contributed by atoms with Crippen molar-refractivity contribution in [3.8, 4) is 0 Å². The molecule has 5 nitrogen and oxygen atoms in total. The Kier molecular flexibility index (Phi) is 3.99. The number of fused-ring (bicyclic) bond motifs is 1. The fourth-order valence-corrected chi connectivity index (χ4v) is 7.27. The average molecular weight is 320 g/mol. The second kappa shape index (κ2) is 5.43. The zero-order chi connectivity index (χ0) is 15.7. The van der Waals surface area contributed by atoms with Gasteiger partial charge in [-0.2, -0.15) is 0 Å². The molecule has 1 heterocycles. The molecule has 0 aliphatic carbocycles. The van der Waals surface area contributed by atoms with E-state index in [1.165, 1.54) is 23.5 Å². The topological polar surface area (TPSA) is 61.8 Å². The minimum absolute atomic E-state index is 0.161. The Morgan fingerprint density at radius 1 is 0.905 bits per heavy atom. The van der Waals surface area contributed by atoms with E-state index in [-0.39, 0.29) is 11.1 Å². The van der Waals surface area contributed by atoms with Crippen molar-refractivity contribution in [1.82, 2.24) is 0 Å². The van der Waals surface area contributed by atoms with Gasteiger partial charge in [-0.1, -0.05) is 12.1 Å². The predicted molar refractivity (Wildman–Crippen MR) is 82.0 cm³/mol. The highest BCUT2D eigenvalue weighted by atomic mass is 28.5. The van der Waals surface area contributed by atoms with Gasteiger partial charge >= 0.3 is 29.1 Å². The molecule has 0 aromatic heterocycles. The van der Waals surface area contributed by atoms with Crippen LogP contribution in [0.2, 0.25) is 13.1 Å². The van der Waals surface area contributed by atoms with E-state index in [9.17, 15) is 9.59 Å². The Bertz CT molecular complexity index is 577. The summed E-state index contributed by atoms with van der Waals surface area (Å²) in [7, 11) is -6.03. The highest BCUT2D eigenvalue weighted by Gasteiger charge is 2.46. The number of rotatable bonds is 2. The lowest BCUT2D eigenvalue weighted by Crippen LogP contribution is -2.51. The van der Waals surface area contributed by atoms with E-state index in [4.69, 9.17) is 13.0 Å². The zero-order valence-corrected chi connectivity index (χ0v) is 13.9. The molecule has 110 valence electrons. The van der Waals surface area contributed by atoms with Gasteiger partial charge in [0.15, 0.2) is 0 Å². The first kappa shape index (κ1) is 15.4. The number of benzene rings is 1. The van der Waals surface area contributed by atoms with E-state index in [0.29, 0.717) is 0 Å². The van der Waals surface area contributed by atoms with E-state index in [2.05, 4.69) is 13.2 Å². The number of hydrogen-bond acceptors (Lipinski definition) is 5. The van der Waals surface area contributed by atoms with Crippen LogP contribution in [0.3, 0.4) is 0 Å². The second-order valence-electron chi connectivity index (χ2n) is 4.87. The van der Waals surface area contributed by atoms with Crippen LogP contribution in [0.15, 0.2) is 48.8 Å². The first-order valence-electron chi connectivity index (χ1n) is 6.35. The SMILES string of the molecule is C=C[Si]1(C)OC(=O)c2ccccc2C(=O)O[Si](C)(C=C)O1. The molecule has 7 heteroatoms. The molecule has 0 amide bonds. The third-order valence-electron chi connectivity index (χ3n) is 3.10. The molecule has 2 unspecified atom stereocenters. The van der Waals surface area contributed by atoms with Crippen molar-refractivity contribution < 1.29 is 22.6 Å². The van der Waals surface area contributed by atoms with E-state index in [0.717, 1.165) is 0 Å². The summed E-state index contributed by atoms with van der Waals surface area (Å²) in [4.78, 5) is 24.6. The summed E-state index contributed by atoms with van der Waals surface area (Å²) in [5, 5.41) is 0.